The minimum atomic E-state index is -0.920. The van der Waals surface area contributed by atoms with Gasteiger partial charge in [-0.2, -0.15) is 0 Å². The average Bonchev–Trinajstić information content (AvgIpc) is 3.02. The molecule has 0 unspecified atom stereocenters. The van der Waals surface area contributed by atoms with Gasteiger partial charge in [-0.15, -0.1) is 0 Å². The van der Waals surface area contributed by atoms with E-state index in [2.05, 4.69) is 20.8 Å². The van der Waals surface area contributed by atoms with Crippen molar-refractivity contribution in [3.8, 4) is 0 Å². The molecule has 0 heterocycles. The zero-order valence-electron chi connectivity index (χ0n) is 18.5. The number of carboxylic acid groups (broad SMARTS) is 1. The van der Waals surface area contributed by atoms with Gasteiger partial charge in [-0.3, -0.25) is 9.59 Å². The summed E-state index contributed by atoms with van der Waals surface area (Å²) in [5, 5.41) is 41.9. The van der Waals surface area contributed by atoms with Crippen LogP contribution in [-0.2, 0) is 9.59 Å². The highest BCUT2D eigenvalue weighted by atomic mass is 16.4. The molecule has 0 aromatic carbocycles. The first kappa shape index (κ1) is 22.2. The van der Waals surface area contributed by atoms with Gasteiger partial charge in [0.1, 0.15) is 6.10 Å². The third kappa shape index (κ3) is 3.17. The van der Waals surface area contributed by atoms with Gasteiger partial charge >= 0.3 is 5.97 Å². The fourth-order valence-corrected chi connectivity index (χ4v) is 8.54. The predicted octanol–water partition coefficient (Wildman–Crippen LogP) is 2.63. The van der Waals surface area contributed by atoms with Crippen LogP contribution in [0.3, 0.4) is 0 Å². The van der Waals surface area contributed by atoms with Crippen molar-refractivity contribution >= 4 is 11.8 Å². The number of rotatable bonds is 4. The molecule has 30 heavy (non-hydrogen) atoms. The van der Waals surface area contributed by atoms with E-state index in [-0.39, 0.29) is 58.5 Å². The fourth-order valence-electron chi connectivity index (χ4n) is 8.54. The minimum Gasteiger partial charge on any atom is -0.481 e. The highest BCUT2D eigenvalue weighted by Crippen LogP contribution is 2.68. The van der Waals surface area contributed by atoms with Crippen molar-refractivity contribution in [3.05, 3.63) is 0 Å². The Morgan fingerprint density at radius 2 is 1.80 bits per heavy atom. The molecule has 170 valence electrons. The van der Waals surface area contributed by atoms with Crippen molar-refractivity contribution in [2.24, 2.45) is 46.3 Å². The standard InChI is InChI=1S/C24H38O6/c1-12(4-7-21(29)30)14-5-6-15-22-16(10-20(28)24(14,15)3)23(2)11-19(27)17(25)8-13(23)9-18(22)26/h12-18,20,22,25-26,28H,4-11H2,1-3H3,(H,29,30)/t12-,13+,14-,15+,16+,17+,18-,20+,22+,23+,24-/m1/s1. The molecule has 0 bridgehead atoms. The van der Waals surface area contributed by atoms with Crippen LogP contribution in [0.25, 0.3) is 0 Å². The lowest BCUT2D eigenvalue weighted by Crippen LogP contribution is -2.63. The van der Waals surface area contributed by atoms with Gasteiger partial charge in [0.05, 0.1) is 12.2 Å². The summed E-state index contributed by atoms with van der Waals surface area (Å²) < 4.78 is 0. The number of ketones is 1. The molecular weight excluding hydrogens is 384 g/mol. The summed E-state index contributed by atoms with van der Waals surface area (Å²) in [6.45, 7) is 6.41. The molecule has 0 aromatic rings. The van der Waals surface area contributed by atoms with Crippen molar-refractivity contribution in [1.29, 1.82) is 0 Å². The van der Waals surface area contributed by atoms with Crippen LogP contribution in [0.2, 0.25) is 0 Å². The van der Waals surface area contributed by atoms with Gasteiger partial charge in [-0.25, -0.2) is 0 Å². The maximum atomic E-state index is 12.4. The van der Waals surface area contributed by atoms with Crippen LogP contribution in [-0.4, -0.2) is 50.5 Å². The third-order valence-electron chi connectivity index (χ3n) is 10.2. The molecule has 4 saturated carbocycles. The van der Waals surface area contributed by atoms with E-state index in [9.17, 15) is 24.9 Å². The molecule has 4 aliphatic rings. The van der Waals surface area contributed by atoms with E-state index in [4.69, 9.17) is 5.11 Å². The number of aliphatic carboxylic acids is 1. The number of carbonyl (C=O) groups is 2. The summed E-state index contributed by atoms with van der Waals surface area (Å²) in [4.78, 5) is 23.5. The highest BCUT2D eigenvalue weighted by Gasteiger charge is 2.66. The molecular formula is C24H38O6. The maximum absolute atomic E-state index is 12.4. The number of carbonyl (C=O) groups excluding carboxylic acids is 1. The second kappa shape index (κ2) is 7.56. The van der Waals surface area contributed by atoms with Gasteiger partial charge in [-0.1, -0.05) is 20.8 Å². The zero-order valence-corrected chi connectivity index (χ0v) is 18.5. The largest absolute Gasteiger partial charge is 0.481 e. The Hall–Kier alpha value is -0.980. The van der Waals surface area contributed by atoms with Gasteiger partial charge in [-0.05, 0) is 84.9 Å². The zero-order chi connectivity index (χ0) is 22.0. The quantitative estimate of drug-likeness (QED) is 0.554. The number of aliphatic hydroxyl groups is 3. The Morgan fingerprint density at radius 1 is 1.10 bits per heavy atom. The molecule has 0 aromatic heterocycles. The Balaban J connectivity index is 1.63. The number of hydrogen-bond donors (Lipinski definition) is 4. The van der Waals surface area contributed by atoms with Crippen LogP contribution in [0.1, 0.15) is 72.1 Å². The van der Waals surface area contributed by atoms with E-state index >= 15 is 0 Å². The Labute approximate surface area is 179 Å². The van der Waals surface area contributed by atoms with Gasteiger partial charge in [0.2, 0.25) is 0 Å². The monoisotopic (exact) mass is 422 g/mol. The van der Waals surface area contributed by atoms with E-state index in [0.29, 0.717) is 32.1 Å². The lowest BCUT2D eigenvalue weighted by Gasteiger charge is -2.63. The van der Waals surface area contributed by atoms with Crippen LogP contribution in [0.15, 0.2) is 0 Å². The molecule has 6 nitrogen and oxygen atoms in total. The van der Waals surface area contributed by atoms with Gasteiger partial charge in [0, 0.05) is 12.8 Å². The fraction of sp³-hybridized carbons (Fsp3) is 0.917. The van der Waals surface area contributed by atoms with Crippen LogP contribution in [0.4, 0.5) is 0 Å². The Bertz CT molecular complexity index is 708. The number of Topliss-reactive ketones (excluding diaryl/α,β-unsaturated/α-hetero) is 1. The first-order chi connectivity index (χ1) is 14.0. The van der Waals surface area contributed by atoms with Crippen LogP contribution in [0.5, 0.6) is 0 Å². The smallest absolute Gasteiger partial charge is 0.303 e. The molecule has 0 radical (unpaired) electrons. The normalized spacial score (nSPS) is 51.6. The van der Waals surface area contributed by atoms with Crippen molar-refractivity contribution in [2.75, 3.05) is 0 Å². The Morgan fingerprint density at radius 3 is 2.47 bits per heavy atom. The molecule has 4 fully saturated rings. The molecule has 0 amide bonds. The number of carboxylic acids is 1. The average molecular weight is 423 g/mol. The number of aliphatic hydroxyl groups excluding tert-OH is 3. The van der Waals surface area contributed by atoms with E-state index in [1.807, 2.05) is 0 Å². The van der Waals surface area contributed by atoms with Crippen molar-refractivity contribution in [2.45, 2.75) is 90.4 Å². The molecule has 4 N–H and O–H groups in total. The molecule has 6 heteroatoms. The molecule has 4 rings (SSSR count). The number of hydrogen-bond acceptors (Lipinski definition) is 5. The Kier molecular flexibility index (Phi) is 5.60. The van der Waals surface area contributed by atoms with E-state index in [0.717, 1.165) is 12.8 Å². The molecule has 0 aliphatic heterocycles. The van der Waals surface area contributed by atoms with Crippen LogP contribution in [0, 0.1) is 46.3 Å². The summed E-state index contributed by atoms with van der Waals surface area (Å²) >= 11 is 0. The van der Waals surface area contributed by atoms with Crippen LogP contribution < -0.4 is 0 Å². The second-order valence-electron chi connectivity index (χ2n) is 11.4. The first-order valence-electron chi connectivity index (χ1n) is 11.8. The lowest BCUT2D eigenvalue weighted by molar-refractivity contribution is -0.206. The minimum absolute atomic E-state index is 0.0550. The maximum Gasteiger partial charge on any atom is 0.303 e. The summed E-state index contributed by atoms with van der Waals surface area (Å²) in [6, 6.07) is 0. The molecule has 0 spiro atoms. The lowest BCUT2D eigenvalue weighted by atomic mass is 9.43. The highest BCUT2D eigenvalue weighted by molar-refractivity contribution is 5.84. The van der Waals surface area contributed by atoms with E-state index in [1.165, 1.54) is 0 Å². The molecule has 4 aliphatic carbocycles. The predicted molar refractivity (Wildman–Crippen MR) is 110 cm³/mol. The summed E-state index contributed by atoms with van der Waals surface area (Å²) in [6.07, 6.45) is 2.67. The summed E-state index contributed by atoms with van der Waals surface area (Å²) in [7, 11) is 0. The number of fused-ring (bicyclic) bond motifs is 5. The van der Waals surface area contributed by atoms with Crippen LogP contribution >= 0.6 is 0 Å². The van der Waals surface area contributed by atoms with Crippen molar-refractivity contribution in [3.63, 3.8) is 0 Å². The van der Waals surface area contributed by atoms with Gasteiger partial charge < -0.3 is 20.4 Å². The van der Waals surface area contributed by atoms with E-state index < -0.39 is 24.3 Å². The van der Waals surface area contributed by atoms with Crippen molar-refractivity contribution in [1.82, 2.24) is 0 Å². The van der Waals surface area contributed by atoms with Gasteiger partial charge in [0.25, 0.3) is 0 Å². The second-order valence-corrected chi connectivity index (χ2v) is 11.4. The first-order valence-corrected chi connectivity index (χ1v) is 11.8. The topological polar surface area (TPSA) is 115 Å². The summed E-state index contributed by atoms with van der Waals surface area (Å²) in [5.41, 5.74) is -0.614. The third-order valence-corrected chi connectivity index (χ3v) is 10.2. The van der Waals surface area contributed by atoms with Crippen molar-refractivity contribution < 1.29 is 30.0 Å². The molecule has 11 atom stereocenters. The molecule has 0 saturated heterocycles. The van der Waals surface area contributed by atoms with Gasteiger partial charge in [0.15, 0.2) is 5.78 Å². The van der Waals surface area contributed by atoms with E-state index in [1.54, 1.807) is 0 Å². The SMILES string of the molecule is C[C@H](CCC(=O)O)[C@H]1CC[C@H]2[C@@H]3[C@H](O)C[C@@H]4C[C@H](O)C(=O)C[C@]4(C)[C@H]3C[C@H](O)[C@]12C. The summed E-state index contributed by atoms with van der Waals surface area (Å²) in [5.74, 6) is -0.0239.